The summed E-state index contributed by atoms with van der Waals surface area (Å²) >= 11 is 0. The lowest BCUT2D eigenvalue weighted by atomic mass is 9.78. The number of halogens is 1. The zero-order valence-corrected chi connectivity index (χ0v) is 20.3. The number of aromatic nitrogens is 2. The van der Waals surface area contributed by atoms with Crippen LogP contribution in [0.2, 0.25) is 0 Å². The Morgan fingerprint density at radius 2 is 1.92 bits per heavy atom. The molecule has 0 bridgehead atoms. The number of rotatable bonds is 7. The van der Waals surface area contributed by atoms with Crippen LogP contribution in [-0.2, 0) is 15.0 Å². The number of carbonyl (C=O) groups excluding carboxylic acids is 1. The first-order valence-corrected chi connectivity index (χ1v) is 12.1. The Bertz CT molecular complexity index is 1420. The molecule has 2 aliphatic carbocycles. The van der Waals surface area contributed by atoms with E-state index in [0.717, 1.165) is 28.5 Å². The molecule has 7 heteroatoms. The van der Waals surface area contributed by atoms with Crippen LogP contribution in [-0.4, -0.2) is 26.8 Å². The average Bonchev–Trinajstić information content (AvgIpc) is 3.64. The Labute approximate surface area is 209 Å². The van der Waals surface area contributed by atoms with Crippen molar-refractivity contribution in [3.05, 3.63) is 89.9 Å². The maximum Gasteiger partial charge on any atom is 0.314 e. The number of para-hydroxylation sites is 1. The van der Waals surface area contributed by atoms with Crippen LogP contribution in [0.4, 0.5) is 10.2 Å². The van der Waals surface area contributed by atoms with Gasteiger partial charge in [-0.3, -0.25) is 9.59 Å². The number of amides is 1. The van der Waals surface area contributed by atoms with Crippen molar-refractivity contribution in [1.29, 1.82) is 0 Å². The minimum Gasteiger partial charge on any atom is -0.481 e. The van der Waals surface area contributed by atoms with Gasteiger partial charge in [0.25, 0.3) is 0 Å². The van der Waals surface area contributed by atoms with Crippen LogP contribution in [0.5, 0.6) is 0 Å². The Balaban J connectivity index is 1.53. The number of nitrogens with zero attached hydrogens (tertiary/aromatic N) is 2. The predicted molar refractivity (Wildman–Crippen MR) is 136 cm³/mol. The number of hydrogen-bond donors (Lipinski definition) is 2. The first kappa shape index (κ1) is 23.7. The van der Waals surface area contributed by atoms with Crippen LogP contribution in [0, 0.1) is 18.2 Å². The molecule has 0 aliphatic heterocycles. The number of carboxylic acid groups (broad SMARTS) is 1. The molecule has 1 amide bonds. The largest absolute Gasteiger partial charge is 0.481 e. The van der Waals surface area contributed by atoms with E-state index >= 15 is 0 Å². The van der Waals surface area contributed by atoms with E-state index in [0.29, 0.717) is 31.4 Å². The van der Waals surface area contributed by atoms with E-state index in [9.17, 15) is 19.1 Å². The molecule has 1 atom stereocenters. The summed E-state index contributed by atoms with van der Waals surface area (Å²) in [4.78, 5) is 25.1. The maximum atomic E-state index is 14.9. The minimum atomic E-state index is -0.796. The highest BCUT2D eigenvalue weighted by Crippen LogP contribution is 2.49. The Hall–Kier alpha value is -4.00. The number of aliphatic carboxylic acids is 1. The topological polar surface area (TPSA) is 84.2 Å². The van der Waals surface area contributed by atoms with Gasteiger partial charge in [-0.2, -0.15) is 5.10 Å². The molecular formula is C29H28FN3O3. The average molecular weight is 486 g/mol. The van der Waals surface area contributed by atoms with Gasteiger partial charge in [0.05, 0.1) is 22.7 Å². The normalized spacial score (nSPS) is 19.8. The van der Waals surface area contributed by atoms with Crippen LogP contribution >= 0.6 is 0 Å². The van der Waals surface area contributed by atoms with Gasteiger partial charge in [0, 0.05) is 5.56 Å². The van der Waals surface area contributed by atoms with Gasteiger partial charge in [-0.1, -0.05) is 67.6 Å². The lowest BCUT2D eigenvalue weighted by Crippen LogP contribution is -2.35. The van der Waals surface area contributed by atoms with E-state index in [4.69, 9.17) is 0 Å². The van der Waals surface area contributed by atoms with Crippen molar-refractivity contribution in [3.63, 3.8) is 0 Å². The standard InChI is InChI=1S/C29H28FN3O3/c1-3-28(13-7-4-8-14-28)26(34)32-25-23(30)18-31-33(25)24-10-6-5-9-22(24)21-12-11-20(17-19(21)2)29(15-16-29)27(35)36/h4-13,17-18H,3,14-16H2,1-2H3,(H,32,34)(H,35,36). The second-order valence-corrected chi connectivity index (χ2v) is 9.64. The Kier molecular flexibility index (Phi) is 5.86. The lowest BCUT2D eigenvalue weighted by molar-refractivity contribution is -0.140. The molecule has 1 heterocycles. The van der Waals surface area contributed by atoms with Crippen molar-refractivity contribution >= 4 is 17.7 Å². The van der Waals surface area contributed by atoms with E-state index in [2.05, 4.69) is 10.4 Å². The van der Waals surface area contributed by atoms with Crippen LogP contribution < -0.4 is 5.32 Å². The predicted octanol–water partition coefficient (Wildman–Crippen LogP) is 5.95. The van der Waals surface area contributed by atoms with Gasteiger partial charge < -0.3 is 10.4 Å². The Morgan fingerprint density at radius 3 is 2.56 bits per heavy atom. The maximum absolute atomic E-state index is 14.9. The molecule has 2 N–H and O–H groups in total. The molecule has 184 valence electrons. The van der Waals surface area contributed by atoms with Gasteiger partial charge >= 0.3 is 5.97 Å². The smallest absolute Gasteiger partial charge is 0.314 e. The van der Waals surface area contributed by atoms with Crippen molar-refractivity contribution in [1.82, 2.24) is 9.78 Å². The second-order valence-electron chi connectivity index (χ2n) is 9.64. The van der Waals surface area contributed by atoms with Crippen LogP contribution in [0.1, 0.15) is 43.7 Å². The van der Waals surface area contributed by atoms with Gasteiger partial charge in [0.2, 0.25) is 5.91 Å². The fourth-order valence-corrected chi connectivity index (χ4v) is 5.01. The first-order chi connectivity index (χ1) is 17.3. The molecule has 5 rings (SSSR count). The monoisotopic (exact) mass is 485 g/mol. The fraction of sp³-hybridized carbons (Fsp3) is 0.276. The minimum absolute atomic E-state index is 0.0136. The molecule has 0 spiro atoms. The molecule has 6 nitrogen and oxygen atoms in total. The number of allylic oxidation sites excluding steroid dienone is 3. The molecule has 1 fully saturated rings. The van der Waals surface area contributed by atoms with E-state index in [1.807, 2.05) is 80.6 Å². The van der Waals surface area contributed by atoms with Gasteiger partial charge in [-0.05, 0) is 55.4 Å². The lowest BCUT2D eigenvalue weighted by Gasteiger charge is -2.28. The summed E-state index contributed by atoms with van der Waals surface area (Å²) in [6, 6.07) is 13.1. The first-order valence-electron chi connectivity index (χ1n) is 12.1. The number of carbonyl (C=O) groups is 2. The second kappa shape index (κ2) is 8.90. The number of carboxylic acids is 1. The zero-order chi connectivity index (χ0) is 25.5. The zero-order valence-electron chi connectivity index (χ0n) is 20.3. The number of aryl methyl sites for hydroxylation is 1. The van der Waals surface area contributed by atoms with Crippen LogP contribution in [0.3, 0.4) is 0 Å². The molecule has 2 aliphatic rings. The number of anilines is 1. The molecule has 1 saturated carbocycles. The molecular weight excluding hydrogens is 457 g/mol. The molecule has 1 aromatic heterocycles. The quantitative estimate of drug-likeness (QED) is 0.433. The summed E-state index contributed by atoms with van der Waals surface area (Å²) in [6.45, 7) is 3.88. The number of benzene rings is 2. The third-order valence-corrected chi connectivity index (χ3v) is 7.54. The van der Waals surface area contributed by atoms with E-state index in [-0.39, 0.29) is 11.7 Å². The summed E-state index contributed by atoms with van der Waals surface area (Å²) in [7, 11) is 0. The molecule has 0 saturated heterocycles. The summed E-state index contributed by atoms with van der Waals surface area (Å²) in [5.41, 5.74) is 2.46. The van der Waals surface area contributed by atoms with Crippen molar-refractivity contribution in [2.24, 2.45) is 5.41 Å². The number of hydrogen-bond acceptors (Lipinski definition) is 3. The van der Waals surface area contributed by atoms with E-state index in [1.54, 1.807) is 0 Å². The molecule has 3 aromatic rings. The third-order valence-electron chi connectivity index (χ3n) is 7.54. The van der Waals surface area contributed by atoms with Crippen LogP contribution in [0.25, 0.3) is 16.8 Å². The van der Waals surface area contributed by atoms with Crippen molar-refractivity contribution in [3.8, 4) is 16.8 Å². The summed E-state index contributed by atoms with van der Waals surface area (Å²) < 4.78 is 16.4. The summed E-state index contributed by atoms with van der Waals surface area (Å²) in [5.74, 6) is -1.72. The van der Waals surface area contributed by atoms with Crippen LogP contribution in [0.15, 0.2) is 73.0 Å². The highest BCUT2D eigenvalue weighted by molar-refractivity contribution is 5.97. The summed E-state index contributed by atoms with van der Waals surface area (Å²) in [5, 5.41) is 16.7. The Morgan fingerprint density at radius 1 is 1.14 bits per heavy atom. The van der Waals surface area contributed by atoms with E-state index < -0.39 is 22.6 Å². The van der Waals surface area contributed by atoms with Crippen molar-refractivity contribution in [2.75, 3.05) is 5.32 Å². The summed E-state index contributed by atoms with van der Waals surface area (Å²) in [6.07, 6.45) is 11.0. The van der Waals surface area contributed by atoms with Gasteiger partial charge in [-0.25, -0.2) is 9.07 Å². The highest BCUT2D eigenvalue weighted by atomic mass is 19.1. The van der Waals surface area contributed by atoms with Gasteiger partial charge in [0.1, 0.15) is 0 Å². The van der Waals surface area contributed by atoms with Gasteiger partial charge in [0.15, 0.2) is 11.6 Å². The molecule has 1 unspecified atom stereocenters. The van der Waals surface area contributed by atoms with Gasteiger partial charge in [-0.15, -0.1) is 0 Å². The van der Waals surface area contributed by atoms with E-state index in [1.165, 1.54) is 4.68 Å². The van der Waals surface area contributed by atoms with Crippen molar-refractivity contribution < 1.29 is 19.1 Å². The molecule has 0 radical (unpaired) electrons. The number of nitrogens with one attached hydrogen (secondary N) is 1. The SMILES string of the molecule is CCC1(C(=O)Nc2c(F)cnn2-c2ccccc2-c2ccc(C3(C(=O)O)CC3)cc2C)C=CC=CC1. The third kappa shape index (κ3) is 3.85. The fourth-order valence-electron chi connectivity index (χ4n) is 5.01. The molecule has 2 aromatic carbocycles. The van der Waals surface area contributed by atoms with Crippen molar-refractivity contribution in [2.45, 2.75) is 44.9 Å². The highest BCUT2D eigenvalue weighted by Gasteiger charge is 2.51. The molecule has 36 heavy (non-hydrogen) atoms.